The maximum absolute atomic E-state index is 14.6. The number of carbonyl (C=O) groups is 2. The Bertz CT molecular complexity index is 1160. The zero-order valence-electron chi connectivity index (χ0n) is 17.3. The van der Waals surface area contributed by atoms with Crippen molar-refractivity contribution in [2.75, 3.05) is 18.3 Å². The zero-order valence-corrected chi connectivity index (χ0v) is 17.3. The first kappa shape index (κ1) is 22.4. The van der Waals surface area contributed by atoms with E-state index in [2.05, 4.69) is 6.58 Å². The molecule has 0 aliphatic carbocycles. The molecular weight excluding hydrogens is 415 g/mol. The van der Waals surface area contributed by atoms with Gasteiger partial charge in [0.2, 0.25) is 6.79 Å². The smallest absolute Gasteiger partial charge is 0.341 e. The summed E-state index contributed by atoms with van der Waals surface area (Å²) in [6.45, 7) is 4.64. The normalized spacial score (nSPS) is 10.3. The van der Waals surface area contributed by atoms with E-state index in [0.717, 1.165) is 0 Å². The number of carbonyl (C=O) groups excluding carboxylic acids is 2. The molecule has 4 N–H and O–H groups in total. The summed E-state index contributed by atoms with van der Waals surface area (Å²) in [5, 5.41) is 0. The Morgan fingerprint density at radius 3 is 2.16 bits per heavy atom. The third-order valence-electron chi connectivity index (χ3n) is 4.29. The minimum atomic E-state index is -0.673. The molecular formula is C24H21FN2O5. The van der Waals surface area contributed by atoms with E-state index in [0.29, 0.717) is 28.3 Å². The van der Waals surface area contributed by atoms with Crippen molar-refractivity contribution in [1.82, 2.24) is 0 Å². The molecule has 8 heteroatoms. The number of esters is 2. The minimum absolute atomic E-state index is 0.179. The number of halogens is 1. The van der Waals surface area contributed by atoms with Crippen molar-refractivity contribution in [2.24, 2.45) is 0 Å². The van der Waals surface area contributed by atoms with Gasteiger partial charge < -0.3 is 25.7 Å². The van der Waals surface area contributed by atoms with Crippen LogP contribution in [0, 0.1) is 5.82 Å². The highest BCUT2D eigenvalue weighted by atomic mass is 19.1. The zero-order chi connectivity index (χ0) is 23.3. The number of nitrogen functional groups attached to an aromatic ring is 2. The van der Waals surface area contributed by atoms with Crippen LogP contribution in [0.3, 0.4) is 0 Å². The summed E-state index contributed by atoms with van der Waals surface area (Å²) in [4.78, 5) is 23.6. The number of rotatable bonds is 7. The lowest BCUT2D eigenvalue weighted by Gasteiger charge is -2.10. The lowest BCUT2D eigenvalue weighted by Crippen LogP contribution is -2.11. The van der Waals surface area contributed by atoms with Gasteiger partial charge in [-0.3, -0.25) is 0 Å². The number of nitrogens with two attached hydrogens (primary N) is 2. The molecule has 0 aromatic heterocycles. The first-order valence-corrected chi connectivity index (χ1v) is 9.46. The van der Waals surface area contributed by atoms with E-state index < -0.39 is 24.5 Å². The van der Waals surface area contributed by atoms with Crippen LogP contribution in [-0.4, -0.2) is 18.7 Å². The SMILES string of the molecule is C=C(C)C(=O)Oc1ccc(-c2ccc(OCOC(=O)c3cc(N)cc(N)c3)cc2F)cc1. The van der Waals surface area contributed by atoms with Crippen LogP contribution in [0.2, 0.25) is 0 Å². The molecule has 164 valence electrons. The average molecular weight is 436 g/mol. The molecule has 0 atom stereocenters. The molecule has 0 unspecified atom stereocenters. The number of hydrogen-bond acceptors (Lipinski definition) is 7. The molecule has 7 nitrogen and oxygen atoms in total. The maximum Gasteiger partial charge on any atom is 0.341 e. The highest BCUT2D eigenvalue weighted by Crippen LogP contribution is 2.28. The summed E-state index contributed by atoms with van der Waals surface area (Å²) in [6, 6.07) is 15.0. The minimum Gasteiger partial charge on any atom is -0.457 e. The van der Waals surface area contributed by atoms with Crippen LogP contribution in [0.4, 0.5) is 15.8 Å². The van der Waals surface area contributed by atoms with Crippen molar-refractivity contribution >= 4 is 23.3 Å². The molecule has 0 fully saturated rings. The van der Waals surface area contributed by atoms with Crippen LogP contribution in [-0.2, 0) is 9.53 Å². The Hall–Kier alpha value is -4.33. The monoisotopic (exact) mass is 436 g/mol. The van der Waals surface area contributed by atoms with Gasteiger partial charge in [0.15, 0.2) is 0 Å². The number of ether oxygens (including phenoxy) is 3. The van der Waals surface area contributed by atoms with E-state index in [1.165, 1.54) is 30.3 Å². The van der Waals surface area contributed by atoms with Crippen LogP contribution in [0.5, 0.6) is 11.5 Å². The summed E-state index contributed by atoms with van der Waals surface area (Å²) >= 11 is 0. The Labute approximate surface area is 184 Å². The fourth-order valence-electron chi connectivity index (χ4n) is 2.75. The fraction of sp³-hybridized carbons (Fsp3) is 0.0833. The standard InChI is InChI=1S/C24H21FN2O5/c1-14(2)23(28)32-19-5-3-15(4-6-19)21-8-7-20(12-22(21)25)30-13-31-24(29)16-9-17(26)11-18(27)10-16/h3-12H,1,13,26-27H2,2H3. The van der Waals surface area contributed by atoms with Crippen LogP contribution in [0.15, 0.2) is 72.8 Å². The molecule has 3 rings (SSSR count). The molecule has 3 aromatic rings. The van der Waals surface area contributed by atoms with Gasteiger partial charge in [0.05, 0.1) is 5.56 Å². The van der Waals surface area contributed by atoms with Crippen LogP contribution < -0.4 is 20.9 Å². The van der Waals surface area contributed by atoms with Crippen LogP contribution in [0.25, 0.3) is 11.1 Å². The predicted molar refractivity (Wildman–Crippen MR) is 118 cm³/mol. The average Bonchev–Trinajstić information content (AvgIpc) is 2.73. The van der Waals surface area contributed by atoms with Gasteiger partial charge in [0, 0.05) is 28.6 Å². The lowest BCUT2D eigenvalue weighted by molar-refractivity contribution is -0.130. The van der Waals surface area contributed by atoms with E-state index >= 15 is 0 Å². The molecule has 3 aromatic carbocycles. The molecule has 0 spiro atoms. The van der Waals surface area contributed by atoms with Gasteiger partial charge in [0.25, 0.3) is 0 Å². The summed E-state index contributed by atoms with van der Waals surface area (Å²) < 4.78 is 30.0. The second-order valence-corrected chi connectivity index (χ2v) is 6.92. The van der Waals surface area contributed by atoms with E-state index in [4.69, 9.17) is 25.7 Å². The number of hydrogen-bond donors (Lipinski definition) is 2. The van der Waals surface area contributed by atoms with Gasteiger partial charge >= 0.3 is 11.9 Å². The summed E-state index contributed by atoms with van der Waals surface area (Å²) in [6.07, 6.45) is 0. The Morgan fingerprint density at radius 1 is 0.938 bits per heavy atom. The van der Waals surface area contributed by atoms with Crippen LogP contribution >= 0.6 is 0 Å². The van der Waals surface area contributed by atoms with Crippen molar-refractivity contribution in [1.29, 1.82) is 0 Å². The lowest BCUT2D eigenvalue weighted by atomic mass is 10.0. The van der Waals surface area contributed by atoms with Crippen molar-refractivity contribution in [3.8, 4) is 22.6 Å². The van der Waals surface area contributed by atoms with Crippen molar-refractivity contribution in [3.05, 3.63) is 84.2 Å². The third-order valence-corrected chi connectivity index (χ3v) is 4.29. The molecule has 32 heavy (non-hydrogen) atoms. The second kappa shape index (κ2) is 9.65. The topological polar surface area (TPSA) is 114 Å². The fourth-order valence-corrected chi connectivity index (χ4v) is 2.75. The van der Waals surface area contributed by atoms with E-state index in [1.54, 1.807) is 37.3 Å². The number of benzene rings is 3. The van der Waals surface area contributed by atoms with E-state index in [9.17, 15) is 14.0 Å². The van der Waals surface area contributed by atoms with E-state index in [-0.39, 0.29) is 16.9 Å². The van der Waals surface area contributed by atoms with Gasteiger partial charge in [-0.25, -0.2) is 14.0 Å². The molecule has 0 aliphatic heterocycles. The Morgan fingerprint density at radius 2 is 1.56 bits per heavy atom. The molecule has 0 amide bonds. The van der Waals surface area contributed by atoms with Crippen LogP contribution in [0.1, 0.15) is 17.3 Å². The first-order chi connectivity index (χ1) is 15.2. The van der Waals surface area contributed by atoms with E-state index in [1.807, 2.05) is 0 Å². The van der Waals surface area contributed by atoms with Gasteiger partial charge in [-0.2, -0.15) is 0 Å². The quantitative estimate of drug-likeness (QED) is 0.186. The maximum atomic E-state index is 14.6. The summed E-state index contributed by atoms with van der Waals surface area (Å²) in [5.41, 5.74) is 13.3. The second-order valence-electron chi connectivity index (χ2n) is 6.92. The largest absolute Gasteiger partial charge is 0.457 e. The highest BCUT2D eigenvalue weighted by Gasteiger charge is 2.11. The van der Waals surface area contributed by atoms with Gasteiger partial charge in [0.1, 0.15) is 17.3 Å². The van der Waals surface area contributed by atoms with Gasteiger partial charge in [-0.1, -0.05) is 18.7 Å². The summed E-state index contributed by atoms with van der Waals surface area (Å²) in [7, 11) is 0. The Balaban J connectivity index is 1.60. The molecule has 0 bridgehead atoms. The van der Waals surface area contributed by atoms with Crippen molar-refractivity contribution in [3.63, 3.8) is 0 Å². The third kappa shape index (κ3) is 5.63. The molecule has 0 heterocycles. The van der Waals surface area contributed by atoms with Gasteiger partial charge in [-0.05, 0) is 55.0 Å². The molecule has 0 saturated heterocycles. The highest BCUT2D eigenvalue weighted by molar-refractivity contribution is 5.91. The van der Waals surface area contributed by atoms with Crippen molar-refractivity contribution < 1.29 is 28.2 Å². The molecule has 0 saturated carbocycles. The predicted octanol–water partition coefficient (Wildman–Crippen LogP) is 4.33. The Kier molecular flexibility index (Phi) is 6.74. The molecule has 0 aliphatic rings. The number of anilines is 2. The van der Waals surface area contributed by atoms with Gasteiger partial charge in [-0.15, -0.1) is 0 Å². The molecule has 0 radical (unpaired) electrons. The first-order valence-electron chi connectivity index (χ1n) is 9.46. The summed E-state index contributed by atoms with van der Waals surface area (Å²) in [5.74, 6) is -1.24. The van der Waals surface area contributed by atoms with Crippen molar-refractivity contribution in [2.45, 2.75) is 6.92 Å².